The molecule has 6 rings (SSSR count). The van der Waals surface area contributed by atoms with Crippen LogP contribution in [-0.4, -0.2) is 45.8 Å². The Hall–Kier alpha value is -2.41. The molecule has 0 saturated carbocycles. The van der Waals surface area contributed by atoms with Crippen LogP contribution in [0, 0.1) is 5.92 Å². The van der Waals surface area contributed by atoms with Gasteiger partial charge in [0, 0.05) is 48.5 Å². The number of nitrogens with one attached hydrogen (secondary N) is 2. The third-order valence-corrected chi connectivity index (χ3v) is 7.44. The zero-order chi connectivity index (χ0) is 21.5. The summed E-state index contributed by atoms with van der Waals surface area (Å²) >= 11 is 6.79. The number of benzene rings is 1. The molecular weight excluding hydrogens is 422 g/mol. The number of nitrogens with zero attached hydrogens (tertiary/aromatic N) is 3. The van der Waals surface area contributed by atoms with E-state index in [-0.39, 0.29) is 0 Å². The summed E-state index contributed by atoms with van der Waals surface area (Å²) in [4.78, 5) is 12.8. The fraction of sp³-hybridized carbons (Fsp3) is 0.440. The van der Waals surface area contributed by atoms with Gasteiger partial charge >= 0.3 is 0 Å². The lowest BCUT2D eigenvalue weighted by atomic mass is 9.94. The number of piperidine rings is 1. The maximum absolute atomic E-state index is 6.79. The lowest BCUT2D eigenvalue weighted by molar-refractivity contribution is 0.0616. The first kappa shape index (κ1) is 20.2. The van der Waals surface area contributed by atoms with Crippen LogP contribution in [-0.2, 0) is 11.3 Å². The van der Waals surface area contributed by atoms with Crippen LogP contribution in [0.25, 0.3) is 33.2 Å². The van der Waals surface area contributed by atoms with Gasteiger partial charge in [-0.3, -0.25) is 0 Å². The molecule has 2 aliphatic heterocycles. The second-order valence-corrected chi connectivity index (χ2v) is 9.55. The molecule has 3 aromatic heterocycles. The Kier molecular flexibility index (Phi) is 5.37. The second-order valence-electron chi connectivity index (χ2n) is 9.14. The first-order valence-corrected chi connectivity index (χ1v) is 12.0. The normalized spacial score (nSPS) is 18.7. The minimum atomic E-state index is 0.553. The monoisotopic (exact) mass is 449 g/mol. The van der Waals surface area contributed by atoms with E-state index in [0.29, 0.717) is 11.8 Å². The average molecular weight is 450 g/mol. The van der Waals surface area contributed by atoms with Crippen molar-refractivity contribution >= 4 is 33.7 Å². The lowest BCUT2D eigenvalue weighted by Crippen LogP contribution is -2.26. The third kappa shape index (κ3) is 3.70. The topological polar surface area (TPSA) is 67.8 Å². The van der Waals surface area contributed by atoms with Crippen molar-refractivity contribution in [3.05, 3.63) is 47.5 Å². The molecule has 0 bridgehead atoms. The Bertz CT molecular complexity index is 1250. The van der Waals surface area contributed by atoms with Gasteiger partial charge in [0.1, 0.15) is 5.65 Å². The largest absolute Gasteiger partial charge is 0.381 e. The van der Waals surface area contributed by atoms with Crippen LogP contribution in [0.15, 0.2) is 36.8 Å². The first-order valence-electron chi connectivity index (χ1n) is 11.7. The van der Waals surface area contributed by atoms with Crippen molar-refractivity contribution in [2.24, 2.45) is 5.92 Å². The Labute approximate surface area is 192 Å². The number of imidazole rings is 1. The standard InChI is InChI=1S/C25H28ClN5O/c26-21-13-23-24(31(15-29-23)14-16-4-9-32-10-5-16)12-19(21)18-3-8-28-25-20(18)11-22(30-25)17-1-6-27-7-2-17/h3,8,11-13,15-17,27H,1-2,4-7,9-10,14H2,(H,28,30). The molecule has 1 aromatic carbocycles. The Morgan fingerprint density at radius 1 is 1.03 bits per heavy atom. The summed E-state index contributed by atoms with van der Waals surface area (Å²) in [5, 5.41) is 5.31. The molecule has 0 aliphatic carbocycles. The number of aromatic amines is 1. The van der Waals surface area contributed by atoms with Gasteiger partial charge < -0.3 is 19.6 Å². The van der Waals surface area contributed by atoms with Crippen LogP contribution in [0.2, 0.25) is 5.02 Å². The Balaban J connectivity index is 1.41. The minimum absolute atomic E-state index is 0.553. The molecule has 2 saturated heterocycles. The molecule has 4 aromatic rings. The van der Waals surface area contributed by atoms with Gasteiger partial charge in [0.15, 0.2) is 0 Å². The molecule has 166 valence electrons. The average Bonchev–Trinajstić information content (AvgIpc) is 3.44. The van der Waals surface area contributed by atoms with Crippen LogP contribution in [0.1, 0.15) is 37.3 Å². The Morgan fingerprint density at radius 3 is 2.72 bits per heavy atom. The molecule has 0 unspecified atom stereocenters. The van der Waals surface area contributed by atoms with E-state index in [2.05, 4.69) is 43.0 Å². The zero-order valence-corrected chi connectivity index (χ0v) is 18.9. The maximum atomic E-state index is 6.79. The molecule has 0 atom stereocenters. The number of rotatable bonds is 4. The van der Waals surface area contributed by atoms with Crippen LogP contribution in [0.4, 0.5) is 0 Å². The molecule has 0 amide bonds. The van der Waals surface area contributed by atoms with Crippen LogP contribution in [0.5, 0.6) is 0 Å². The van der Waals surface area contributed by atoms with E-state index in [4.69, 9.17) is 16.3 Å². The minimum Gasteiger partial charge on any atom is -0.381 e. The molecule has 2 aliphatic rings. The molecule has 0 radical (unpaired) electrons. The highest BCUT2D eigenvalue weighted by molar-refractivity contribution is 6.34. The maximum Gasteiger partial charge on any atom is 0.138 e. The van der Waals surface area contributed by atoms with Gasteiger partial charge in [0.2, 0.25) is 0 Å². The van der Waals surface area contributed by atoms with Crippen molar-refractivity contribution in [3.8, 4) is 11.1 Å². The van der Waals surface area contributed by atoms with Gasteiger partial charge in [0.25, 0.3) is 0 Å². The predicted molar refractivity (Wildman–Crippen MR) is 128 cm³/mol. The number of aromatic nitrogens is 4. The SMILES string of the molecule is Clc1cc2ncn(CC3CCOCC3)c2cc1-c1ccnc2[nH]c(C3CCNCC3)cc12. The van der Waals surface area contributed by atoms with E-state index in [0.717, 1.165) is 96.7 Å². The van der Waals surface area contributed by atoms with Gasteiger partial charge in [-0.05, 0) is 74.5 Å². The summed E-state index contributed by atoms with van der Waals surface area (Å²) in [7, 11) is 0. The van der Waals surface area contributed by atoms with Crippen molar-refractivity contribution in [2.75, 3.05) is 26.3 Å². The molecule has 32 heavy (non-hydrogen) atoms. The van der Waals surface area contributed by atoms with Crippen molar-refractivity contribution in [1.29, 1.82) is 0 Å². The molecule has 5 heterocycles. The number of hydrogen-bond acceptors (Lipinski definition) is 4. The van der Waals surface area contributed by atoms with E-state index in [1.54, 1.807) is 0 Å². The Morgan fingerprint density at radius 2 is 1.88 bits per heavy atom. The number of hydrogen-bond donors (Lipinski definition) is 2. The third-order valence-electron chi connectivity index (χ3n) is 7.13. The molecule has 2 N–H and O–H groups in total. The van der Waals surface area contributed by atoms with Crippen molar-refractivity contribution in [1.82, 2.24) is 24.8 Å². The van der Waals surface area contributed by atoms with Gasteiger partial charge in [0.05, 0.1) is 22.4 Å². The number of pyridine rings is 1. The lowest BCUT2D eigenvalue weighted by Gasteiger charge is -2.22. The summed E-state index contributed by atoms with van der Waals surface area (Å²) in [6, 6.07) is 8.57. The van der Waals surface area contributed by atoms with Crippen LogP contribution in [0.3, 0.4) is 0 Å². The van der Waals surface area contributed by atoms with Gasteiger partial charge in [-0.15, -0.1) is 0 Å². The van der Waals surface area contributed by atoms with Crippen molar-refractivity contribution < 1.29 is 4.74 Å². The molecule has 2 fully saturated rings. The van der Waals surface area contributed by atoms with E-state index in [9.17, 15) is 0 Å². The van der Waals surface area contributed by atoms with Crippen LogP contribution >= 0.6 is 11.6 Å². The number of H-pyrrole nitrogens is 1. The second kappa shape index (κ2) is 8.50. The summed E-state index contributed by atoms with van der Waals surface area (Å²) < 4.78 is 7.81. The number of ether oxygens (including phenoxy) is 1. The van der Waals surface area contributed by atoms with E-state index in [1.807, 2.05) is 18.6 Å². The predicted octanol–water partition coefficient (Wildman–Crippen LogP) is 5.13. The molecular formula is C25H28ClN5O. The first-order chi connectivity index (χ1) is 15.8. The van der Waals surface area contributed by atoms with E-state index in [1.165, 1.54) is 5.69 Å². The molecule has 0 spiro atoms. The van der Waals surface area contributed by atoms with E-state index >= 15 is 0 Å². The number of fused-ring (bicyclic) bond motifs is 2. The van der Waals surface area contributed by atoms with Crippen molar-refractivity contribution in [3.63, 3.8) is 0 Å². The van der Waals surface area contributed by atoms with Gasteiger partial charge in [-0.1, -0.05) is 11.6 Å². The van der Waals surface area contributed by atoms with Crippen LogP contribution < -0.4 is 5.32 Å². The highest BCUT2D eigenvalue weighted by Crippen LogP contribution is 2.37. The summed E-state index contributed by atoms with van der Waals surface area (Å²) in [5.41, 5.74) is 6.45. The summed E-state index contributed by atoms with van der Waals surface area (Å²) in [6.45, 7) is 4.82. The highest BCUT2D eigenvalue weighted by atomic mass is 35.5. The van der Waals surface area contributed by atoms with Crippen molar-refractivity contribution in [2.45, 2.75) is 38.1 Å². The fourth-order valence-corrected chi connectivity index (χ4v) is 5.53. The van der Waals surface area contributed by atoms with Gasteiger partial charge in [-0.25, -0.2) is 9.97 Å². The molecule has 6 nitrogen and oxygen atoms in total. The summed E-state index contributed by atoms with van der Waals surface area (Å²) in [5.74, 6) is 1.18. The fourth-order valence-electron chi connectivity index (χ4n) is 5.27. The smallest absolute Gasteiger partial charge is 0.138 e. The summed E-state index contributed by atoms with van der Waals surface area (Å²) in [6.07, 6.45) is 8.34. The quantitative estimate of drug-likeness (QED) is 0.453. The highest BCUT2D eigenvalue weighted by Gasteiger charge is 2.20. The number of halogens is 1. The van der Waals surface area contributed by atoms with Gasteiger partial charge in [-0.2, -0.15) is 0 Å². The zero-order valence-electron chi connectivity index (χ0n) is 18.1. The van der Waals surface area contributed by atoms with E-state index < -0.39 is 0 Å². The molecule has 7 heteroatoms.